The second-order valence-corrected chi connectivity index (χ2v) is 8.15. The Hall–Kier alpha value is -3.09. The highest BCUT2D eigenvalue weighted by Gasteiger charge is 2.30. The highest BCUT2D eigenvalue weighted by molar-refractivity contribution is 7.16. The molecule has 1 aliphatic carbocycles. The van der Waals surface area contributed by atoms with Crippen LogP contribution in [0.25, 0.3) is 6.08 Å². The maximum Gasteiger partial charge on any atom is 0.410 e. The van der Waals surface area contributed by atoms with Gasteiger partial charge in [-0.2, -0.15) is 5.26 Å². The number of fused-ring (bicyclic) bond motifs is 1. The van der Waals surface area contributed by atoms with Gasteiger partial charge in [-0.3, -0.25) is 4.79 Å². The van der Waals surface area contributed by atoms with Crippen LogP contribution in [0.2, 0.25) is 0 Å². The van der Waals surface area contributed by atoms with Crippen molar-refractivity contribution >= 4 is 34.4 Å². The van der Waals surface area contributed by atoms with Crippen LogP contribution in [0.5, 0.6) is 0 Å². The van der Waals surface area contributed by atoms with E-state index in [9.17, 15) is 14.9 Å². The summed E-state index contributed by atoms with van der Waals surface area (Å²) in [5.74, 6) is -0.318. The normalized spacial score (nSPS) is 18.6. The molecule has 1 atom stereocenters. The number of carbonyl (C=O) groups is 2. The Kier molecular flexibility index (Phi) is 6.16. The first-order valence-corrected chi connectivity index (χ1v) is 10.5. The Morgan fingerprint density at radius 3 is 2.93 bits per heavy atom. The van der Waals surface area contributed by atoms with Gasteiger partial charge in [0.1, 0.15) is 17.2 Å². The molecule has 9 heteroatoms. The van der Waals surface area contributed by atoms with Gasteiger partial charge < -0.3 is 24.1 Å². The first-order valence-electron chi connectivity index (χ1n) is 9.73. The fourth-order valence-electron chi connectivity index (χ4n) is 3.52. The Morgan fingerprint density at radius 2 is 2.20 bits per heavy atom. The minimum atomic E-state index is -0.318. The van der Waals surface area contributed by atoms with Crippen molar-refractivity contribution in [2.45, 2.75) is 25.4 Å². The van der Waals surface area contributed by atoms with Crippen molar-refractivity contribution < 1.29 is 23.5 Å². The van der Waals surface area contributed by atoms with E-state index >= 15 is 0 Å². The van der Waals surface area contributed by atoms with E-state index in [0.29, 0.717) is 56.1 Å². The Labute approximate surface area is 177 Å². The summed E-state index contributed by atoms with van der Waals surface area (Å²) >= 11 is 1.37. The summed E-state index contributed by atoms with van der Waals surface area (Å²) in [7, 11) is 0. The molecule has 4 rings (SSSR count). The number of rotatable bonds is 4. The van der Waals surface area contributed by atoms with E-state index in [-0.39, 0.29) is 18.1 Å². The highest BCUT2D eigenvalue weighted by atomic mass is 32.1. The van der Waals surface area contributed by atoms with Gasteiger partial charge in [-0.15, -0.1) is 11.3 Å². The maximum absolute atomic E-state index is 12.3. The van der Waals surface area contributed by atoms with Crippen LogP contribution in [-0.4, -0.2) is 49.3 Å². The fraction of sp³-hybridized carbons (Fsp3) is 0.381. The lowest BCUT2D eigenvalue weighted by molar-refractivity contribution is -0.111. The smallest absolute Gasteiger partial charge is 0.410 e. The molecule has 2 aromatic rings. The fourth-order valence-corrected chi connectivity index (χ4v) is 4.79. The van der Waals surface area contributed by atoms with Crippen molar-refractivity contribution in [3.05, 3.63) is 46.2 Å². The van der Waals surface area contributed by atoms with Gasteiger partial charge in [-0.1, -0.05) is 0 Å². The monoisotopic (exact) mass is 427 g/mol. The summed E-state index contributed by atoms with van der Waals surface area (Å²) in [4.78, 5) is 27.2. The molecule has 0 spiro atoms. The first-order chi connectivity index (χ1) is 14.6. The molecule has 1 fully saturated rings. The summed E-state index contributed by atoms with van der Waals surface area (Å²) in [6, 6.07) is 3.96. The lowest BCUT2D eigenvalue weighted by Crippen LogP contribution is -2.42. The van der Waals surface area contributed by atoms with Crippen molar-refractivity contribution in [1.82, 2.24) is 4.90 Å². The van der Waals surface area contributed by atoms with Crippen molar-refractivity contribution in [2.24, 2.45) is 0 Å². The molecule has 156 valence electrons. The van der Waals surface area contributed by atoms with Crippen molar-refractivity contribution in [1.29, 1.82) is 5.26 Å². The van der Waals surface area contributed by atoms with E-state index in [0.717, 1.165) is 16.0 Å². The maximum atomic E-state index is 12.3. The molecule has 3 heterocycles. The van der Waals surface area contributed by atoms with E-state index in [1.54, 1.807) is 17.0 Å². The first kappa shape index (κ1) is 20.2. The lowest BCUT2D eigenvalue weighted by Gasteiger charge is -2.29. The summed E-state index contributed by atoms with van der Waals surface area (Å²) in [5.41, 5.74) is 2.22. The number of thiophene rings is 1. The van der Waals surface area contributed by atoms with Gasteiger partial charge in [0, 0.05) is 36.0 Å². The molecule has 1 saturated heterocycles. The number of amides is 2. The molecular weight excluding hydrogens is 406 g/mol. The molecule has 2 aromatic heterocycles. The van der Waals surface area contributed by atoms with Crippen LogP contribution in [0, 0.1) is 11.3 Å². The zero-order chi connectivity index (χ0) is 20.9. The molecule has 1 unspecified atom stereocenters. The Balaban J connectivity index is 1.41. The number of furan rings is 1. The van der Waals surface area contributed by atoms with Gasteiger partial charge in [0.2, 0.25) is 5.91 Å². The quantitative estimate of drug-likeness (QED) is 0.752. The van der Waals surface area contributed by atoms with Crippen LogP contribution in [0.4, 0.5) is 9.80 Å². The number of anilines is 1. The number of carbonyl (C=O) groups excluding carboxylic acids is 2. The second-order valence-electron chi connectivity index (χ2n) is 7.05. The molecule has 1 aliphatic heterocycles. The zero-order valence-electron chi connectivity index (χ0n) is 16.3. The topological polar surface area (TPSA) is 105 Å². The average molecular weight is 427 g/mol. The second kappa shape index (κ2) is 9.15. The van der Waals surface area contributed by atoms with E-state index in [2.05, 4.69) is 11.4 Å². The van der Waals surface area contributed by atoms with Gasteiger partial charge in [0.05, 0.1) is 31.3 Å². The molecule has 2 aliphatic rings. The number of nitrogens with zero attached hydrogens (tertiary/aromatic N) is 2. The van der Waals surface area contributed by atoms with Crippen molar-refractivity contribution in [2.75, 3.05) is 31.6 Å². The third-order valence-corrected chi connectivity index (χ3v) is 6.25. The van der Waals surface area contributed by atoms with Crippen LogP contribution >= 0.6 is 11.3 Å². The lowest BCUT2D eigenvalue weighted by atomic mass is 9.94. The highest BCUT2D eigenvalue weighted by Crippen LogP contribution is 2.38. The van der Waals surface area contributed by atoms with Gasteiger partial charge in [-0.05, 0) is 30.5 Å². The third-order valence-electron chi connectivity index (χ3n) is 5.08. The molecule has 30 heavy (non-hydrogen) atoms. The van der Waals surface area contributed by atoms with Gasteiger partial charge in [0.15, 0.2) is 0 Å². The van der Waals surface area contributed by atoms with Gasteiger partial charge in [-0.25, -0.2) is 4.79 Å². The predicted octanol–water partition coefficient (Wildman–Crippen LogP) is 3.19. The van der Waals surface area contributed by atoms with E-state index in [4.69, 9.17) is 13.9 Å². The van der Waals surface area contributed by atoms with Crippen LogP contribution in [0.3, 0.4) is 0 Å². The standard InChI is InChI=1S/C21H21N3O5S/c22-12-17-16-3-2-15(29-21(26)24-6-9-27-10-7-24)11-18(16)30-20(17)23-19(25)4-1-14-5-8-28-13-14/h1,4-5,8,13,15H,2-3,6-7,9-11H2,(H,23,25). The van der Waals surface area contributed by atoms with Crippen molar-refractivity contribution in [3.8, 4) is 6.07 Å². The molecule has 0 bridgehead atoms. The molecule has 8 nitrogen and oxygen atoms in total. The SMILES string of the molecule is N#Cc1c(NC(=O)C=Cc2ccoc2)sc2c1CCC(OC(=O)N1CCOCC1)C2. The largest absolute Gasteiger partial charge is 0.472 e. The number of hydrogen-bond donors (Lipinski definition) is 1. The van der Waals surface area contributed by atoms with Crippen molar-refractivity contribution in [3.63, 3.8) is 0 Å². The Bertz CT molecular complexity index is 983. The Morgan fingerprint density at radius 1 is 1.37 bits per heavy atom. The third kappa shape index (κ3) is 4.56. The molecule has 0 radical (unpaired) electrons. The van der Waals surface area contributed by atoms with E-state index < -0.39 is 0 Å². The van der Waals surface area contributed by atoms with Gasteiger partial charge in [0.25, 0.3) is 0 Å². The molecule has 0 saturated carbocycles. The summed E-state index contributed by atoms with van der Waals surface area (Å²) in [6.45, 7) is 2.13. The summed E-state index contributed by atoms with van der Waals surface area (Å²) < 4.78 is 15.9. The minimum Gasteiger partial charge on any atom is -0.472 e. The van der Waals surface area contributed by atoms with E-state index in [1.807, 2.05) is 0 Å². The zero-order valence-corrected chi connectivity index (χ0v) is 17.1. The van der Waals surface area contributed by atoms with E-state index in [1.165, 1.54) is 29.9 Å². The van der Waals surface area contributed by atoms with Crippen LogP contribution in [0.1, 0.15) is 28.0 Å². The summed E-state index contributed by atoms with van der Waals surface area (Å²) in [5, 5.41) is 12.9. The minimum absolute atomic E-state index is 0.234. The number of morpholine rings is 1. The molecule has 1 N–H and O–H groups in total. The number of ether oxygens (including phenoxy) is 2. The van der Waals surface area contributed by atoms with Crippen LogP contribution < -0.4 is 5.32 Å². The predicted molar refractivity (Wildman–Crippen MR) is 110 cm³/mol. The average Bonchev–Trinajstić information content (AvgIpc) is 3.39. The molecule has 2 amide bonds. The number of nitrogens with one attached hydrogen (secondary N) is 1. The van der Waals surface area contributed by atoms with Crippen LogP contribution in [-0.2, 0) is 27.1 Å². The number of nitriles is 1. The molecular formula is C21H21N3O5S. The van der Waals surface area contributed by atoms with Gasteiger partial charge >= 0.3 is 6.09 Å². The number of hydrogen-bond acceptors (Lipinski definition) is 7. The van der Waals surface area contributed by atoms with Crippen LogP contribution in [0.15, 0.2) is 29.1 Å². The molecule has 0 aromatic carbocycles. The summed E-state index contributed by atoms with van der Waals surface area (Å²) in [6.07, 6.45) is 7.39.